The number of benzene rings is 1. The number of aromatic nitrogens is 1. The number of amides is 1. The molecule has 0 saturated heterocycles. The highest BCUT2D eigenvalue weighted by molar-refractivity contribution is 7.18. The van der Waals surface area contributed by atoms with Crippen molar-refractivity contribution in [3.8, 4) is 0 Å². The van der Waals surface area contributed by atoms with E-state index >= 15 is 0 Å². The lowest BCUT2D eigenvalue weighted by Gasteiger charge is -2.10. The van der Waals surface area contributed by atoms with Gasteiger partial charge in [-0.3, -0.25) is 4.79 Å². The summed E-state index contributed by atoms with van der Waals surface area (Å²) in [7, 11) is 0. The van der Waals surface area contributed by atoms with Gasteiger partial charge in [0.25, 0.3) is 0 Å². The van der Waals surface area contributed by atoms with Gasteiger partial charge >= 0.3 is 0 Å². The molecule has 4 nitrogen and oxygen atoms in total. The van der Waals surface area contributed by atoms with E-state index in [1.807, 2.05) is 25.1 Å². The van der Waals surface area contributed by atoms with Gasteiger partial charge in [-0.25, -0.2) is 4.98 Å². The molecule has 2 rings (SSSR count). The number of rotatable bonds is 5. The zero-order chi connectivity index (χ0) is 13.8. The molecule has 1 atom stereocenters. The number of nitrogens with two attached hydrogens (primary N) is 1. The largest absolute Gasteiger partial charge is 0.352 e. The second-order valence-electron chi connectivity index (χ2n) is 4.42. The molecule has 0 aliphatic rings. The Morgan fingerprint density at radius 1 is 1.58 bits per heavy atom. The number of hydrogen-bond acceptors (Lipinski definition) is 4. The van der Waals surface area contributed by atoms with Gasteiger partial charge in [-0.1, -0.05) is 11.6 Å². The van der Waals surface area contributed by atoms with Crippen LogP contribution in [0.4, 0.5) is 0 Å². The first-order valence-corrected chi connectivity index (χ1v) is 7.32. The van der Waals surface area contributed by atoms with Crippen molar-refractivity contribution in [2.45, 2.75) is 25.8 Å². The van der Waals surface area contributed by atoms with Crippen molar-refractivity contribution in [3.05, 3.63) is 28.2 Å². The summed E-state index contributed by atoms with van der Waals surface area (Å²) in [6.45, 7) is 2.34. The predicted molar refractivity (Wildman–Crippen MR) is 79.6 cm³/mol. The van der Waals surface area contributed by atoms with Crippen LogP contribution < -0.4 is 11.1 Å². The molecule has 0 bridgehead atoms. The molecule has 2 aromatic rings. The lowest BCUT2D eigenvalue weighted by Crippen LogP contribution is -2.37. The third-order valence-corrected chi connectivity index (χ3v) is 4.03. The summed E-state index contributed by atoms with van der Waals surface area (Å²) in [6.07, 6.45) is 1.07. The number of hydrogen-bond donors (Lipinski definition) is 2. The molecule has 6 heteroatoms. The topological polar surface area (TPSA) is 68.0 Å². The number of thiazole rings is 1. The summed E-state index contributed by atoms with van der Waals surface area (Å²) in [5, 5.41) is 4.49. The van der Waals surface area contributed by atoms with Crippen molar-refractivity contribution in [2.24, 2.45) is 5.73 Å². The monoisotopic (exact) mass is 297 g/mol. The number of halogens is 1. The SMILES string of the molecule is CC(CN)NC(=O)CCc1nc2ccc(Cl)cc2s1. The summed E-state index contributed by atoms with van der Waals surface area (Å²) >= 11 is 7.51. The number of nitrogens with zero attached hydrogens (tertiary/aromatic N) is 1. The molecule has 0 aliphatic carbocycles. The summed E-state index contributed by atoms with van der Waals surface area (Å²) in [6, 6.07) is 5.63. The highest BCUT2D eigenvalue weighted by Gasteiger charge is 2.09. The summed E-state index contributed by atoms with van der Waals surface area (Å²) < 4.78 is 1.05. The Labute approximate surface area is 121 Å². The van der Waals surface area contributed by atoms with Crippen molar-refractivity contribution < 1.29 is 4.79 Å². The van der Waals surface area contributed by atoms with Gasteiger partial charge in [-0.2, -0.15) is 0 Å². The first kappa shape index (κ1) is 14.2. The van der Waals surface area contributed by atoms with E-state index < -0.39 is 0 Å². The van der Waals surface area contributed by atoms with Gasteiger partial charge in [0, 0.05) is 30.5 Å². The highest BCUT2D eigenvalue weighted by Crippen LogP contribution is 2.25. The van der Waals surface area contributed by atoms with Gasteiger partial charge in [0.05, 0.1) is 15.2 Å². The molecule has 0 radical (unpaired) electrons. The van der Waals surface area contributed by atoms with Crippen molar-refractivity contribution in [3.63, 3.8) is 0 Å². The smallest absolute Gasteiger partial charge is 0.220 e. The maximum absolute atomic E-state index is 11.6. The standard InChI is InChI=1S/C13H16ClN3OS/c1-8(7-15)16-12(18)4-5-13-17-10-3-2-9(14)6-11(10)19-13/h2-3,6,8H,4-5,7,15H2,1H3,(H,16,18). The quantitative estimate of drug-likeness (QED) is 0.890. The van der Waals surface area contributed by atoms with Crippen LogP contribution in [-0.2, 0) is 11.2 Å². The van der Waals surface area contributed by atoms with Gasteiger partial charge in [0.15, 0.2) is 0 Å². The Kier molecular flexibility index (Phi) is 4.74. The fourth-order valence-electron chi connectivity index (χ4n) is 1.68. The Morgan fingerprint density at radius 2 is 2.37 bits per heavy atom. The molecule has 1 heterocycles. The van der Waals surface area contributed by atoms with Crippen molar-refractivity contribution >= 4 is 39.1 Å². The van der Waals surface area contributed by atoms with E-state index in [1.54, 1.807) is 11.3 Å². The molecular weight excluding hydrogens is 282 g/mol. The van der Waals surface area contributed by atoms with E-state index in [0.717, 1.165) is 15.2 Å². The normalized spacial score (nSPS) is 12.6. The second kappa shape index (κ2) is 6.32. The zero-order valence-electron chi connectivity index (χ0n) is 10.6. The zero-order valence-corrected chi connectivity index (χ0v) is 12.2. The minimum Gasteiger partial charge on any atom is -0.352 e. The van der Waals surface area contributed by atoms with Crippen LogP contribution in [0.15, 0.2) is 18.2 Å². The first-order chi connectivity index (χ1) is 9.08. The second-order valence-corrected chi connectivity index (χ2v) is 5.98. The Morgan fingerprint density at radius 3 is 3.11 bits per heavy atom. The van der Waals surface area contributed by atoms with Crippen LogP contribution >= 0.6 is 22.9 Å². The van der Waals surface area contributed by atoms with Crippen LogP contribution in [0.3, 0.4) is 0 Å². The van der Waals surface area contributed by atoms with E-state index in [4.69, 9.17) is 17.3 Å². The van der Waals surface area contributed by atoms with E-state index in [0.29, 0.717) is 24.4 Å². The fraction of sp³-hybridized carbons (Fsp3) is 0.385. The minimum atomic E-state index is 0.00948. The number of nitrogens with one attached hydrogen (secondary N) is 1. The number of carbonyl (C=O) groups excluding carboxylic acids is 1. The van der Waals surface area contributed by atoms with Crippen molar-refractivity contribution in [1.29, 1.82) is 0 Å². The highest BCUT2D eigenvalue weighted by atomic mass is 35.5. The van der Waals surface area contributed by atoms with Crippen LogP contribution in [0.5, 0.6) is 0 Å². The fourth-order valence-corrected chi connectivity index (χ4v) is 2.92. The molecule has 1 amide bonds. The molecule has 1 unspecified atom stereocenters. The molecule has 0 spiro atoms. The van der Waals surface area contributed by atoms with Gasteiger partial charge in [0.2, 0.25) is 5.91 Å². The average Bonchev–Trinajstić information content (AvgIpc) is 2.78. The van der Waals surface area contributed by atoms with Gasteiger partial charge in [-0.05, 0) is 25.1 Å². The molecule has 0 fully saturated rings. The molecule has 1 aromatic heterocycles. The van der Waals surface area contributed by atoms with E-state index in [2.05, 4.69) is 10.3 Å². The minimum absolute atomic E-state index is 0.00948. The number of carbonyl (C=O) groups is 1. The molecule has 3 N–H and O–H groups in total. The van der Waals surface area contributed by atoms with Crippen LogP contribution in [0.2, 0.25) is 5.02 Å². The van der Waals surface area contributed by atoms with Crippen LogP contribution in [0.25, 0.3) is 10.2 Å². The Balaban J connectivity index is 1.96. The number of aryl methyl sites for hydroxylation is 1. The maximum Gasteiger partial charge on any atom is 0.220 e. The first-order valence-electron chi connectivity index (χ1n) is 6.13. The third-order valence-electron chi connectivity index (χ3n) is 2.72. The molecular formula is C13H16ClN3OS. The lowest BCUT2D eigenvalue weighted by molar-refractivity contribution is -0.121. The van der Waals surface area contributed by atoms with Gasteiger partial charge in [-0.15, -0.1) is 11.3 Å². The maximum atomic E-state index is 11.6. The summed E-state index contributed by atoms with van der Waals surface area (Å²) in [5.74, 6) is 0.00948. The van der Waals surface area contributed by atoms with E-state index in [1.165, 1.54) is 0 Å². The van der Waals surface area contributed by atoms with Crippen LogP contribution in [0.1, 0.15) is 18.4 Å². The van der Waals surface area contributed by atoms with Gasteiger partial charge < -0.3 is 11.1 Å². The average molecular weight is 298 g/mol. The Bertz CT molecular complexity index is 584. The summed E-state index contributed by atoms with van der Waals surface area (Å²) in [4.78, 5) is 16.1. The Hall–Kier alpha value is -1.17. The molecule has 1 aromatic carbocycles. The number of fused-ring (bicyclic) bond motifs is 1. The molecule has 0 aliphatic heterocycles. The van der Waals surface area contributed by atoms with Crippen molar-refractivity contribution in [1.82, 2.24) is 10.3 Å². The molecule has 102 valence electrons. The molecule has 19 heavy (non-hydrogen) atoms. The van der Waals surface area contributed by atoms with E-state index in [9.17, 15) is 4.79 Å². The van der Waals surface area contributed by atoms with Gasteiger partial charge in [0.1, 0.15) is 0 Å². The third kappa shape index (κ3) is 3.89. The molecule has 0 saturated carbocycles. The van der Waals surface area contributed by atoms with Crippen LogP contribution in [0, 0.1) is 0 Å². The predicted octanol–water partition coefficient (Wildman–Crippen LogP) is 2.35. The lowest BCUT2D eigenvalue weighted by atomic mass is 10.2. The van der Waals surface area contributed by atoms with Crippen molar-refractivity contribution in [2.75, 3.05) is 6.54 Å². The summed E-state index contributed by atoms with van der Waals surface area (Å²) in [5.41, 5.74) is 6.39. The van der Waals surface area contributed by atoms with Crippen LogP contribution in [-0.4, -0.2) is 23.5 Å². The van der Waals surface area contributed by atoms with E-state index in [-0.39, 0.29) is 11.9 Å².